The van der Waals surface area contributed by atoms with Gasteiger partial charge in [-0.2, -0.15) is 13.2 Å². The van der Waals surface area contributed by atoms with E-state index < -0.39 is 36.8 Å². The first-order chi connectivity index (χ1) is 16.7. The van der Waals surface area contributed by atoms with Crippen molar-refractivity contribution in [1.29, 1.82) is 0 Å². The number of carbonyl (C=O) groups excluding carboxylic acids is 1. The number of alkyl halides is 5. The second-order valence-corrected chi connectivity index (χ2v) is 8.65. The van der Waals surface area contributed by atoms with Crippen LogP contribution in [0.15, 0.2) is 42.5 Å². The van der Waals surface area contributed by atoms with E-state index in [9.17, 15) is 31.5 Å². The molecule has 0 spiro atoms. The Bertz CT molecular complexity index is 986. The SMILES string of the molecule is CC.Cc1ccc(C2CC(F)(F)C2)cc1.O=C(O)CCc1ccc(Cl)c(NC(=O)CCC(F)(F)F)c1. The molecule has 2 N–H and O–H groups in total. The Morgan fingerprint density at radius 2 is 1.64 bits per heavy atom. The molecule has 0 unspecified atom stereocenters. The summed E-state index contributed by atoms with van der Waals surface area (Å²) in [5, 5.41) is 11.1. The van der Waals surface area contributed by atoms with Crippen LogP contribution < -0.4 is 5.32 Å². The zero-order chi connectivity index (χ0) is 27.5. The second-order valence-electron chi connectivity index (χ2n) is 8.24. The quantitative estimate of drug-likeness (QED) is 0.351. The fourth-order valence-electron chi connectivity index (χ4n) is 3.28. The van der Waals surface area contributed by atoms with Gasteiger partial charge in [-0.1, -0.05) is 61.3 Å². The predicted molar refractivity (Wildman–Crippen MR) is 131 cm³/mol. The fraction of sp³-hybridized carbons (Fsp3) is 0.462. The smallest absolute Gasteiger partial charge is 0.389 e. The number of nitrogens with one attached hydrogen (secondary N) is 1. The number of halogens is 6. The molecule has 0 heterocycles. The summed E-state index contributed by atoms with van der Waals surface area (Å²) >= 11 is 5.84. The molecule has 1 fully saturated rings. The van der Waals surface area contributed by atoms with E-state index in [1.54, 1.807) is 6.07 Å². The predicted octanol–water partition coefficient (Wildman–Crippen LogP) is 8.17. The van der Waals surface area contributed by atoms with E-state index in [0.717, 1.165) is 5.56 Å². The van der Waals surface area contributed by atoms with Gasteiger partial charge in [-0.15, -0.1) is 0 Å². The first-order valence-electron chi connectivity index (χ1n) is 11.6. The summed E-state index contributed by atoms with van der Waals surface area (Å²) in [6.45, 7) is 6.00. The Morgan fingerprint density at radius 3 is 2.14 bits per heavy atom. The number of benzene rings is 2. The minimum atomic E-state index is -4.40. The van der Waals surface area contributed by atoms with Crippen molar-refractivity contribution in [3.8, 4) is 0 Å². The lowest BCUT2D eigenvalue weighted by molar-refractivity contribution is -0.142. The first-order valence-corrected chi connectivity index (χ1v) is 11.9. The maximum atomic E-state index is 12.6. The van der Waals surface area contributed by atoms with Gasteiger partial charge < -0.3 is 10.4 Å². The summed E-state index contributed by atoms with van der Waals surface area (Å²) in [7, 11) is 0. The largest absolute Gasteiger partial charge is 0.481 e. The van der Waals surface area contributed by atoms with Gasteiger partial charge in [0.15, 0.2) is 0 Å². The average Bonchev–Trinajstić information content (AvgIpc) is 2.78. The van der Waals surface area contributed by atoms with E-state index in [0.29, 0.717) is 5.56 Å². The number of rotatable bonds is 7. The molecular weight excluding hydrogens is 505 g/mol. The van der Waals surface area contributed by atoms with Crippen molar-refractivity contribution in [2.45, 2.75) is 77.3 Å². The Morgan fingerprint density at radius 1 is 1.06 bits per heavy atom. The summed E-state index contributed by atoms with van der Waals surface area (Å²) in [5.41, 5.74) is 3.02. The van der Waals surface area contributed by atoms with Crippen LogP contribution >= 0.6 is 11.6 Å². The molecule has 0 aliphatic heterocycles. The van der Waals surface area contributed by atoms with Crippen LogP contribution in [0.4, 0.5) is 27.6 Å². The lowest BCUT2D eigenvalue weighted by Gasteiger charge is -2.35. The fourth-order valence-corrected chi connectivity index (χ4v) is 3.44. The molecular formula is C26H31ClF5NO3. The Kier molecular flexibility index (Phi) is 12.3. The molecule has 2 aromatic rings. The number of hydrogen-bond donors (Lipinski definition) is 2. The van der Waals surface area contributed by atoms with Crippen molar-refractivity contribution in [3.05, 3.63) is 64.2 Å². The van der Waals surface area contributed by atoms with E-state index in [-0.39, 0.29) is 42.3 Å². The third kappa shape index (κ3) is 11.8. The van der Waals surface area contributed by atoms with E-state index >= 15 is 0 Å². The molecule has 10 heteroatoms. The molecule has 1 amide bonds. The van der Waals surface area contributed by atoms with Crippen molar-refractivity contribution in [2.24, 2.45) is 0 Å². The van der Waals surface area contributed by atoms with E-state index in [1.807, 2.05) is 45.0 Å². The normalized spacial score (nSPS) is 14.4. The van der Waals surface area contributed by atoms with Gasteiger partial charge in [-0.25, -0.2) is 8.78 Å². The Balaban J connectivity index is 0.000000367. The summed E-state index contributed by atoms with van der Waals surface area (Å²) < 4.78 is 61.1. The number of carbonyl (C=O) groups is 2. The zero-order valence-corrected chi connectivity index (χ0v) is 21.1. The molecule has 36 heavy (non-hydrogen) atoms. The average molecular weight is 536 g/mol. The highest BCUT2D eigenvalue weighted by molar-refractivity contribution is 6.33. The highest BCUT2D eigenvalue weighted by atomic mass is 35.5. The van der Waals surface area contributed by atoms with Gasteiger partial charge in [-0.05, 0) is 42.5 Å². The number of carboxylic acid groups (broad SMARTS) is 1. The summed E-state index contributed by atoms with van der Waals surface area (Å²) in [5.74, 6) is -4.10. The summed E-state index contributed by atoms with van der Waals surface area (Å²) in [4.78, 5) is 21.9. The number of amides is 1. The van der Waals surface area contributed by atoms with Crippen molar-refractivity contribution >= 4 is 29.2 Å². The third-order valence-corrected chi connectivity index (χ3v) is 5.54. The van der Waals surface area contributed by atoms with Crippen LogP contribution in [-0.4, -0.2) is 29.1 Å². The molecule has 3 rings (SSSR count). The van der Waals surface area contributed by atoms with Crippen molar-refractivity contribution in [1.82, 2.24) is 0 Å². The molecule has 2 aromatic carbocycles. The van der Waals surface area contributed by atoms with Crippen molar-refractivity contribution in [3.63, 3.8) is 0 Å². The summed E-state index contributed by atoms with van der Waals surface area (Å²) in [6.07, 6.45) is -6.12. The molecule has 1 saturated carbocycles. The lowest BCUT2D eigenvalue weighted by Crippen LogP contribution is -2.33. The minimum absolute atomic E-state index is 0.0239. The van der Waals surface area contributed by atoms with Gasteiger partial charge in [0.1, 0.15) is 0 Å². The monoisotopic (exact) mass is 535 g/mol. The highest BCUT2D eigenvalue weighted by Gasteiger charge is 2.45. The van der Waals surface area contributed by atoms with Gasteiger partial charge >= 0.3 is 12.1 Å². The molecule has 0 saturated heterocycles. The van der Waals surface area contributed by atoms with Crippen molar-refractivity contribution in [2.75, 3.05) is 5.32 Å². The summed E-state index contributed by atoms with van der Waals surface area (Å²) in [6, 6.07) is 12.4. The molecule has 0 aromatic heterocycles. The van der Waals surface area contributed by atoms with Gasteiger partial charge in [0.25, 0.3) is 0 Å². The number of aryl methyl sites for hydroxylation is 2. The van der Waals surface area contributed by atoms with Gasteiger partial charge in [0.2, 0.25) is 11.8 Å². The highest BCUT2D eigenvalue weighted by Crippen LogP contribution is 2.48. The molecule has 0 radical (unpaired) electrons. The topological polar surface area (TPSA) is 66.4 Å². The molecule has 0 atom stereocenters. The van der Waals surface area contributed by atoms with Gasteiger partial charge in [-0.3, -0.25) is 9.59 Å². The van der Waals surface area contributed by atoms with E-state index in [2.05, 4.69) is 5.32 Å². The van der Waals surface area contributed by atoms with Crippen LogP contribution in [0.3, 0.4) is 0 Å². The van der Waals surface area contributed by atoms with Crippen LogP contribution in [0.5, 0.6) is 0 Å². The van der Waals surface area contributed by atoms with Crippen LogP contribution in [-0.2, 0) is 16.0 Å². The number of carboxylic acids is 1. The molecule has 1 aliphatic carbocycles. The standard InChI is InChI=1S/C13H13ClF3NO3.C11H12F2.C2H6/c14-9-3-1-8(2-4-12(20)21)7-10(9)18-11(19)5-6-13(15,16)17;1-8-2-4-9(5-3-8)10-6-11(12,13)7-10;1-2/h1,3,7H,2,4-6H2,(H,18,19)(H,20,21);2-5,10H,6-7H2,1H3;1-2H3. The minimum Gasteiger partial charge on any atom is -0.481 e. The van der Waals surface area contributed by atoms with Crippen LogP contribution in [0, 0.1) is 6.92 Å². The first kappa shape index (κ1) is 31.4. The maximum absolute atomic E-state index is 12.6. The third-order valence-electron chi connectivity index (χ3n) is 5.21. The zero-order valence-electron chi connectivity index (χ0n) is 20.4. The number of anilines is 1. The second kappa shape index (κ2) is 14.2. The Labute approximate surface area is 212 Å². The van der Waals surface area contributed by atoms with Crippen LogP contribution in [0.2, 0.25) is 5.02 Å². The molecule has 4 nitrogen and oxygen atoms in total. The number of aliphatic carboxylic acids is 1. The number of hydrogen-bond acceptors (Lipinski definition) is 2. The van der Waals surface area contributed by atoms with Gasteiger partial charge in [0, 0.05) is 25.7 Å². The van der Waals surface area contributed by atoms with Gasteiger partial charge in [0.05, 0.1) is 17.1 Å². The van der Waals surface area contributed by atoms with E-state index in [1.165, 1.54) is 17.7 Å². The maximum Gasteiger partial charge on any atom is 0.389 e. The van der Waals surface area contributed by atoms with Crippen LogP contribution in [0.25, 0.3) is 0 Å². The lowest BCUT2D eigenvalue weighted by atomic mass is 9.77. The molecule has 200 valence electrons. The molecule has 1 aliphatic rings. The van der Waals surface area contributed by atoms with Crippen LogP contribution in [0.1, 0.15) is 68.6 Å². The molecule has 0 bridgehead atoms. The Hall–Kier alpha value is -2.68. The van der Waals surface area contributed by atoms with E-state index in [4.69, 9.17) is 16.7 Å². The van der Waals surface area contributed by atoms with Crippen molar-refractivity contribution < 1.29 is 36.6 Å².